The number of rotatable bonds is 7. The number of ether oxygens (including phenoxy) is 1. The van der Waals surface area contributed by atoms with Crippen molar-refractivity contribution in [2.75, 3.05) is 0 Å². The van der Waals surface area contributed by atoms with Crippen molar-refractivity contribution in [2.24, 2.45) is 5.92 Å². The molecule has 0 fully saturated rings. The number of hydrogen-bond acceptors (Lipinski definition) is 5. The van der Waals surface area contributed by atoms with E-state index in [0.717, 1.165) is 35.8 Å². The molecule has 7 nitrogen and oxygen atoms in total. The number of aliphatic carboxylic acids is 1. The van der Waals surface area contributed by atoms with E-state index in [9.17, 15) is 19.5 Å². The van der Waals surface area contributed by atoms with E-state index in [0.29, 0.717) is 29.7 Å². The Morgan fingerprint density at radius 1 is 1.17 bits per heavy atom. The minimum absolute atomic E-state index is 0.123. The largest absolute Gasteiger partial charge is 0.480 e. The number of carbonyl (C=O) groups is 2. The molecule has 3 rings (SSSR count). The van der Waals surface area contributed by atoms with E-state index in [4.69, 9.17) is 9.15 Å². The molecule has 0 bridgehead atoms. The Labute approximate surface area is 175 Å². The lowest BCUT2D eigenvalue weighted by molar-refractivity contribution is -0.143. The molecule has 0 saturated heterocycles. The molecule has 0 spiro atoms. The van der Waals surface area contributed by atoms with Gasteiger partial charge in [0.15, 0.2) is 6.10 Å². The van der Waals surface area contributed by atoms with E-state index in [-0.39, 0.29) is 11.5 Å². The van der Waals surface area contributed by atoms with Crippen molar-refractivity contribution in [1.29, 1.82) is 0 Å². The normalized spacial score (nSPS) is 15.5. The van der Waals surface area contributed by atoms with E-state index < -0.39 is 24.0 Å². The fourth-order valence-electron chi connectivity index (χ4n) is 3.99. The molecule has 0 aliphatic heterocycles. The minimum Gasteiger partial charge on any atom is -0.480 e. The van der Waals surface area contributed by atoms with Crippen LogP contribution in [0.3, 0.4) is 0 Å². The first-order chi connectivity index (χ1) is 14.2. The third-order valence-electron chi connectivity index (χ3n) is 5.42. The molecule has 1 unspecified atom stereocenters. The van der Waals surface area contributed by atoms with E-state index in [2.05, 4.69) is 5.32 Å². The first-order valence-electron chi connectivity index (χ1n) is 10.5. The number of fused-ring (bicyclic) bond motifs is 3. The monoisotopic (exact) mass is 415 g/mol. The number of benzene rings is 1. The fraction of sp³-hybridized carbons (Fsp3) is 0.522. The highest BCUT2D eigenvalue weighted by Crippen LogP contribution is 2.35. The zero-order valence-corrected chi connectivity index (χ0v) is 17.9. The molecule has 1 aromatic carbocycles. The van der Waals surface area contributed by atoms with E-state index in [1.807, 2.05) is 26.8 Å². The summed E-state index contributed by atoms with van der Waals surface area (Å²) in [7, 11) is 0. The Morgan fingerprint density at radius 3 is 2.47 bits per heavy atom. The van der Waals surface area contributed by atoms with Gasteiger partial charge in [0.05, 0.1) is 5.39 Å². The molecule has 1 amide bonds. The van der Waals surface area contributed by atoms with Crippen LogP contribution in [0.25, 0.3) is 11.0 Å². The molecule has 0 saturated carbocycles. The van der Waals surface area contributed by atoms with Crippen molar-refractivity contribution < 1.29 is 23.8 Å². The van der Waals surface area contributed by atoms with Crippen LogP contribution >= 0.6 is 0 Å². The summed E-state index contributed by atoms with van der Waals surface area (Å²) in [5.74, 6) is -0.965. The highest BCUT2D eigenvalue weighted by atomic mass is 16.5. The van der Waals surface area contributed by atoms with Gasteiger partial charge in [-0.2, -0.15) is 0 Å². The Morgan fingerprint density at radius 2 is 1.83 bits per heavy atom. The van der Waals surface area contributed by atoms with Crippen molar-refractivity contribution in [3.05, 3.63) is 39.2 Å². The van der Waals surface area contributed by atoms with Gasteiger partial charge in [0.2, 0.25) is 0 Å². The fourth-order valence-corrected chi connectivity index (χ4v) is 3.99. The minimum atomic E-state index is -1.07. The summed E-state index contributed by atoms with van der Waals surface area (Å²) >= 11 is 0. The Bertz CT molecular complexity index is 1020. The highest BCUT2D eigenvalue weighted by Gasteiger charge is 2.26. The molecule has 162 valence electrons. The molecule has 30 heavy (non-hydrogen) atoms. The topological polar surface area (TPSA) is 106 Å². The van der Waals surface area contributed by atoms with Crippen LogP contribution in [-0.2, 0) is 22.4 Å². The van der Waals surface area contributed by atoms with Gasteiger partial charge in [0, 0.05) is 5.56 Å². The van der Waals surface area contributed by atoms with Crippen LogP contribution < -0.4 is 15.7 Å². The first-order valence-corrected chi connectivity index (χ1v) is 10.5. The van der Waals surface area contributed by atoms with Crippen LogP contribution in [0.1, 0.15) is 56.7 Å². The van der Waals surface area contributed by atoms with Gasteiger partial charge in [-0.05, 0) is 75.1 Å². The van der Waals surface area contributed by atoms with Crippen LogP contribution in [-0.4, -0.2) is 29.1 Å². The van der Waals surface area contributed by atoms with Crippen molar-refractivity contribution in [3.8, 4) is 5.75 Å². The van der Waals surface area contributed by atoms with E-state index >= 15 is 0 Å². The van der Waals surface area contributed by atoms with Gasteiger partial charge in [-0.1, -0.05) is 13.8 Å². The second-order valence-electron chi connectivity index (χ2n) is 8.48. The predicted molar refractivity (Wildman–Crippen MR) is 113 cm³/mol. The van der Waals surface area contributed by atoms with Crippen LogP contribution in [0.15, 0.2) is 21.3 Å². The first kappa shape index (κ1) is 21.9. The summed E-state index contributed by atoms with van der Waals surface area (Å²) < 4.78 is 11.5. The smallest absolute Gasteiger partial charge is 0.339 e. The molecule has 7 heteroatoms. The number of carboxylic acids is 1. The predicted octanol–water partition coefficient (Wildman–Crippen LogP) is 3.36. The molecule has 2 aromatic rings. The van der Waals surface area contributed by atoms with Gasteiger partial charge in [-0.15, -0.1) is 0 Å². The zero-order chi connectivity index (χ0) is 22.0. The number of amides is 1. The zero-order valence-electron chi connectivity index (χ0n) is 17.9. The average Bonchev–Trinajstić information content (AvgIpc) is 2.66. The van der Waals surface area contributed by atoms with Crippen molar-refractivity contribution in [3.63, 3.8) is 0 Å². The summed E-state index contributed by atoms with van der Waals surface area (Å²) in [5, 5.41) is 12.7. The summed E-state index contributed by atoms with van der Waals surface area (Å²) in [4.78, 5) is 36.5. The molecule has 1 heterocycles. The Hall–Kier alpha value is -2.83. The summed E-state index contributed by atoms with van der Waals surface area (Å²) in [6, 6.07) is 2.65. The summed E-state index contributed by atoms with van der Waals surface area (Å²) in [6.45, 7) is 7.25. The lowest BCUT2D eigenvalue weighted by Crippen LogP contribution is -2.46. The maximum atomic E-state index is 12.6. The number of carbonyl (C=O) groups excluding carboxylic acids is 1. The molecule has 0 radical (unpaired) electrons. The standard InChI is InChI=1S/C23H29NO6/c1-12(2)9-17(22(26)27)24-21(25)14(4)29-18-10-13(3)11-19-20(18)15-7-5-6-8-16(15)23(28)30-19/h10-12,14,17H,5-9H2,1-4H3,(H,24,25)(H,26,27)/t14?,17-/m1/s1. The number of carboxylic acid groups (broad SMARTS) is 1. The highest BCUT2D eigenvalue weighted by molar-refractivity contribution is 5.90. The van der Waals surface area contributed by atoms with Gasteiger partial charge >= 0.3 is 11.6 Å². The SMILES string of the molecule is Cc1cc(OC(C)C(=O)N[C@H](CC(C)C)C(=O)O)c2c3c(c(=O)oc2c1)CCCC3. The molecule has 2 N–H and O–H groups in total. The lowest BCUT2D eigenvalue weighted by Gasteiger charge is -2.22. The molecule has 1 aliphatic carbocycles. The Balaban J connectivity index is 1.92. The van der Waals surface area contributed by atoms with E-state index in [1.54, 1.807) is 13.0 Å². The summed E-state index contributed by atoms with van der Waals surface area (Å²) in [6.07, 6.45) is 2.77. The second-order valence-corrected chi connectivity index (χ2v) is 8.48. The quantitative estimate of drug-likeness (QED) is 0.672. The van der Waals surface area contributed by atoms with Crippen LogP contribution in [0.5, 0.6) is 5.75 Å². The van der Waals surface area contributed by atoms with Gasteiger partial charge in [-0.25, -0.2) is 9.59 Å². The second kappa shape index (κ2) is 8.90. The van der Waals surface area contributed by atoms with Gasteiger partial charge in [-0.3, -0.25) is 4.79 Å². The van der Waals surface area contributed by atoms with Crippen molar-refractivity contribution >= 4 is 22.8 Å². The average molecular weight is 415 g/mol. The molecule has 2 atom stereocenters. The maximum Gasteiger partial charge on any atom is 0.339 e. The van der Waals surface area contributed by atoms with Crippen molar-refractivity contribution in [2.45, 2.75) is 71.9 Å². The van der Waals surface area contributed by atoms with Gasteiger partial charge in [0.25, 0.3) is 5.91 Å². The van der Waals surface area contributed by atoms with Crippen LogP contribution in [0.2, 0.25) is 0 Å². The Kier molecular flexibility index (Phi) is 6.48. The van der Waals surface area contributed by atoms with Gasteiger partial charge < -0.3 is 19.6 Å². The molecule has 1 aromatic heterocycles. The number of aryl methyl sites for hydroxylation is 2. The third-order valence-corrected chi connectivity index (χ3v) is 5.42. The lowest BCUT2D eigenvalue weighted by atomic mass is 9.90. The molecule has 1 aliphatic rings. The maximum absolute atomic E-state index is 12.6. The number of hydrogen-bond donors (Lipinski definition) is 2. The van der Waals surface area contributed by atoms with Crippen LogP contribution in [0, 0.1) is 12.8 Å². The molecular formula is C23H29NO6. The van der Waals surface area contributed by atoms with Crippen LogP contribution in [0.4, 0.5) is 0 Å². The molecular weight excluding hydrogens is 386 g/mol. The van der Waals surface area contributed by atoms with Gasteiger partial charge in [0.1, 0.15) is 17.4 Å². The number of nitrogens with one attached hydrogen (secondary N) is 1. The third kappa shape index (κ3) is 4.66. The summed E-state index contributed by atoms with van der Waals surface area (Å²) in [5.41, 5.74) is 2.59. The van der Waals surface area contributed by atoms with E-state index in [1.165, 1.54) is 0 Å². The van der Waals surface area contributed by atoms with Crippen molar-refractivity contribution in [1.82, 2.24) is 5.32 Å².